The number of methoxy groups -OCH3 is 1. The Morgan fingerprint density at radius 3 is 2.48 bits per heavy atom. The van der Waals surface area contributed by atoms with Crippen molar-refractivity contribution in [2.45, 2.75) is 24.3 Å². The molecule has 0 amide bonds. The number of likely N-dealkylation sites (N-methyl/N-ethyl adjacent to an activating group) is 1. The molecule has 1 fully saturated rings. The molecule has 1 aromatic rings. The Morgan fingerprint density at radius 1 is 1.29 bits per heavy atom. The van der Waals surface area contributed by atoms with Gasteiger partial charge in [-0.15, -0.1) is 0 Å². The van der Waals surface area contributed by atoms with Crippen molar-refractivity contribution >= 4 is 15.7 Å². The molecular weight excluding hydrogens is 290 g/mol. The smallest absolute Gasteiger partial charge is 0.245 e. The van der Waals surface area contributed by atoms with Crippen molar-refractivity contribution < 1.29 is 13.2 Å². The zero-order valence-electron chi connectivity index (χ0n) is 13.0. The van der Waals surface area contributed by atoms with Gasteiger partial charge in [0.1, 0.15) is 10.6 Å². The van der Waals surface area contributed by atoms with E-state index in [-0.39, 0.29) is 16.1 Å². The predicted octanol–water partition coefficient (Wildman–Crippen LogP) is 0.992. The van der Waals surface area contributed by atoms with Crippen LogP contribution in [0.1, 0.15) is 13.8 Å². The summed E-state index contributed by atoms with van der Waals surface area (Å²) in [4.78, 5) is 2.31. The van der Waals surface area contributed by atoms with Crippen LogP contribution >= 0.6 is 0 Å². The van der Waals surface area contributed by atoms with Crippen LogP contribution in [0.25, 0.3) is 0 Å². The van der Waals surface area contributed by atoms with Gasteiger partial charge in [0.15, 0.2) is 0 Å². The van der Waals surface area contributed by atoms with Crippen LogP contribution in [0.5, 0.6) is 5.75 Å². The number of anilines is 1. The van der Waals surface area contributed by atoms with Crippen molar-refractivity contribution in [1.82, 2.24) is 9.21 Å². The van der Waals surface area contributed by atoms with E-state index in [0.717, 1.165) is 0 Å². The highest BCUT2D eigenvalue weighted by molar-refractivity contribution is 7.89. The molecule has 21 heavy (non-hydrogen) atoms. The van der Waals surface area contributed by atoms with Gasteiger partial charge in [-0.3, -0.25) is 4.90 Å². The lowest BCUT2D eigenvalue weighted by molar-refractivity contribution is 0.0802. The number of benzene rings is 1. The highest BCUT2D eigenvalue weighted by Gasteiger charge is 2.37. The maximum absolute atomic E-state index is 12.8. The normalized spacial score (nSPS) is 20.4. The summed E-state index contributed by atoms with van der Waals surface area (Å²) < 4.78 is 32.1. The Kier molecular flexibility index (Phi) is 4.19. The molecule has 0 aromatic heterocycles. The van der Waals surface area contributed by atoms with Gasteiger partial charge in [-0.2, -0.15) is 4.31 Å². The molecule has 1 aliphatic heterocycles. The van der Waals surface area contributed by atoms with Crippen molar-refractivity contribution in [2.75, 3.05) is 39.5 Å². The van der Waals surface area contributed by atoms with Crippen LogP contribution in [0.4, 0.5) is 5.69 Å². The molecule has 0 aliphatic carbocycles. The van der Waals surface area contributed by atoms with Crippen molar-refractivity contribution in [3.8, 4) is 5.75 Å². The van der Waals surface area contributed by atoms with Gasteiger partial charge in [0.2, 0.25) is 10.0 Å². The highest BCUT2D eigenvalue weighted by Crippen LogP contribution is 2.29. The van der Waals surface area contributed by atoms with Gasteiger partial charge in [0, 0.05) is 31.2 Å². The largest absolute Gasteiger partial charge is 0.497 e. The maximum Gasteiger partial charge on any atom is 0.245 e. The van der Waals surface area contributed by atoms with Crippen molar-refractivity contribution in [2.24, 2.45) is 0 Å². The van der Waals surface area contributed by atoms with E-state index >= 15 is 0 Å². The first kappa shape index (κ1) is 16.1. The summed E-state index contributed by atoms with van der Waals surface area (Å²) in [6.45, 7) is 5.67. The summed E-state index contributed by atoms with van der Waals surface area (Å²) in [5.41, 5.74) is 5.90. The number of sulfonamides is 1. The number of piperazine rings is 1. The summed E-state index contributed by atoms with van der Waals surface area (Å²) in [6, 6.07) is 4.66. The third-order valence-electron chi connectivity index (χ3n) is 4.12. The first-order valence-corrected chi connectivity index (χ1v) is 8.27. The van der Waals surface area contributed by atoms with Gasteiger partial charge in [0.25, 0.3) is 0 Å². The minimum Gasteiger partial charge on any atom is -0.497 e. The molecule has 7 heteroatoms. The Labute approximate surface area is 126 Å². The minimum atomic E-state index is -3.59. The van der Waals surface area contributed by atoms with Crippen molar-refractivity contribution in [1.29, 1.82) is 0 Å². The van der Waals surface area contributed by atoms with E-state index in [0.29, 0.717) is 25.4 Å². The first-order chi connectivity index (χ1) is 9.68. The van der Waals surface area contributed by atoms with E-state index in [2.05, 4.69) is 4.90 Å². The van der Waals surface area contributed by atoms with Crippen LogP contribution in [-0.2, 0) is 10.0 Å². The number of hydrogen-bond donors (Lipinski definition) is 1. The standard InChI is InChI=1S/C14H23N3O3S/c1-14(2)10-17(8-7-16(14)3)21(18,19)13-6-5-11(20-4)9-12(13)15/h5-6,9H,7-8,10,15H2,1-4H3. The van der Waals surface area contributed by atoms with Gasteiger partial charge < -0.3 is 10.5 Å². The third kappa shape index (κ3) is 3.00. The van der Waals surface area contributed by atoms with Gasteiger partial charge >= 0.3 is 0 Å². The topological polar surface area (TPSA) is 75.9 Å². The highest BCUT2D eigenvalue weighted by atomic mass is 32.2. The fourth-order valence-electron chi connectivity index (χ4n) is 2.43. The minimum absolute atomic E-state index is 0.142. The summed E-state index contributed by atoms with van der Waals surface area (Å²) in [6.07, 6.45) is 0. The number of nitrogens with zero attached hydrogens (tertiary/aromatic N) is 2. The molecule has 6 nitrogen and oxygen atoms in total. The van der Waals surface area contributed by atoms with E-state index in [1.807, 2.05) is 20.9 Å². The summed E-state index contributed by atoms with van der Waals surface area (Å²) in [7, 11) is -0.0606. The van der Waals surface area contributed by atoms with Crippen LogP contribution < -0.4 is 10.5 Å². The van der Waals surface area contributed by atoms with E-state index < -0.39 is 10.0 Å². The average Bonchev–Trinajstić information content (AvgIpc) is 2.41. The number of rotatable bonds is 3. The van der Waals surface area contributed by atoms with Gasteiger partial charge in [-0.1, -0.05) is 0 Å². The number of hydrogen-bond acceptors (Lipinski definition) is 5. The van der Waals surface area contributed by atoms with E-state index in [1.54, 1.807) is 6.07 Å². The molecule has 0 atom stereocenters. The number of nitrogens with two attached hydrogens (primary N) is 1. The molecular formula is C14H23N3O3S. The van der Waals surface area contributed by atoms with Crippen LogP contribution in [0.15, 0.2) is 23.1 Å². The summed E-state index contributed by atoms with van der Waals surface area (Å²) in [5.74, 6) is 0.546. The quantitative estimate of drug-likeness (QED) is 0.842. The lowest BCUT2D eigenvalue weighted by Crippen LogP contribution is -2.58. The van der Waals surface area contributed by atoms with E-state index in [4.69, 9.17) is 10.5 Å². The Balaban J connectivity index is 2.35. The summed E-state index contributed by atoms with van der Waals surface area (Å²) in [5, 5.41) is 0. The lowest BCUT2D eigenvalue weighted by Gasteiger charge is -2.44. The fourth-order valence-corrected chi connectivity index (χ4v) is 4.11. The van der Waals surface area contributed by atoms with E-state index in [9.17, 15) is 8.42 Å². The molecule has 1 aromatic carbocycles. The number of ether oxygens (including phenoxy) is 1. The molecule has 0 unspecified atom stereocenters. The first-order valence-electron chi connectivity index (χ1n) is 6.83. The maximum atomic E-state index is 12.8. The molecule has 118 valence electrons. The molecule has 1 heterocycles. The molecule has 0 saturated carbocycles. The van der Waals surface area contributed by atoms with E-state index in [1.165, 1.54) is 23.5 Å². The Morgan fingerprint density at radius 2 is 1.95 bits per heavy atom. The lowest BCUT2D eigenvalue weighted by atomic mass is 10.0. The molecule has 1 saturated heterocycles. The van der Waals surface area contributed by atoms with Gasteiger partial charge in [-0.25, -0.2) is 8.42 Å². The molecule has 2 rings (SSSR count). The molecule has 2 N–H and O–H groups in total. The van der Waals surface area contributed by atoms with Crippen LogP contribution in [0, 0.1) is 0 Å². The third-order valence-corrected chi connectivity index (χ3v) is 6.04. The predicted molar refractivity (Wildman–Crippen MR) is 82.9 cm³/mol. The molecule has 0 radical (unpaired) electrons. The van der Waals surface area contributed by atoms with Crippen LogP contribution in [0.2, 0.25) is 0 Å². The second-order valence-electron chi connectivity index (χ2n) is 5.98. The van der Waals surface area contributed by atoms with Crippen LogP contribution in [-0.4, -0.2) is 57.0 Å². The Bertz CT molecular complexity index is 628. The summed E-state index contributed by atoms with van der Waals surface area (Å²) >= 11 is 0. The van der Waals surface area contributed by atoms with Crippen molar-refractivity contribution in [3.05, 3.63) is 18.2 Å². The second kappa shape index (κ2) is 5.47. The fraction of sp³-hybridized carbons (Fsp3) is 0.571. The number of nitrogen functional groups attached to an aromatic ring is 1. The van der Waals surface area contributed by atoms with Gasteiger partial charge in [0.05, 0.1) is 12.8 Å². The monoisotopic (exact) mass is 313 g/mol. The van der Waals surface area contributed by atoms with Gasteiger partial charge in [-0.05, 0) is 33.0 Å². The zero-order valence-corrected chi connectivity index (χ0v) is 13.8. The van der Waals surface area contributed by atoms with Crippen LogP contribution in [0.3, 0.4) is 0 Å². The molecule has 0 bridgehead atoms. The zero-order chi connectivity index (χ0) is 15.8. The molecule has 0 spiro atoms. The average molecular weight is 313 g/mol. The second-order valence-corrected chi connectivity index (χ2v) is 7.88. The van der Waals surface area contributed by atoms with Crippen molar-refractivity contribution in [3.63, 3.8) is 0 Å². The molecule has 1 aliphatic rings. The Hall–Kier alpha value is -1.31. The SMILES string of the molecule is COc1ccc(S(=O)(=O)N2CCN(C)C(C)(C)C2)c(N)c1.